The molecule has 2 fully saturated rings. The molecule has 6 heteroatoms. The molecular weight excluding hydrogens is 427 g/mol. The van der Waals surface area contributed by atoms with Crippen LogP contribution in [0.4, 0.5) is 5.69 Å². The van der Waals surface area contributed by atoms with Crippen LogP contribution in [-0.4, -0.2) is 31.5 Å². The van der Waals surface area contributed by atoms with Crippen molar-refractivity contribution in [1.29, 1.82) is 0 Å². The molecule has 1 aliphatic carbocycles. The molecule has 2 aliphatic rings. The Bertz CT molecular complexity index is 582. The topological polar surface area (TPSA) is 56.7 Å². The molecule has 25 heavy (non-hydrogen) atoms. The van der Waals surface area contributed by atoms with Gasteiger partial charge in [0.25, 0.3) is 0 Å². The van der Waals surface area contributed by atoms with Crippen LogP contribution in [-0.2, 0) is 11.3 Å². The molecule has 2 N–H and O–H groups in total. The summed E-state index contributed by atoms with van der Waals surface area (Å²) in [6, 6.07) is 8.84. The van der Waals surface area contributed by atoms with Gasteiger partial charge in [0.1, 0.15) is 0 Å². The number of hydrogen-bond acceptors (Lipinski definition) is 2. The molecular formula is C19H29IN4O. The summed E-state index contributed by atoms with van der Waals surface area (Å²) in [5.41, 5.74) is 2.20. The third kappa shape index (κ3) is 5.59. The fourth-order valence-corrected chi connectivity index (χ4v) is 3.52. The average Bonchev–Trinajstić information content (AvgIpc) is 3.13. The van der Waals surface area contributed by atoms with E-state index in [9.17, 15) is 4.79 Å². The lowest BCUT2D eigenvalue weighted by molar-refractivity contribution is -0.119. The Labute approximate surface area is 167 Å². The minimum atomic E-state index is 0. The lowest BCUT2D eigenvalue weighted by atomic mass is 10.1. The molecule has 5 nitrogen and oxygen atoms in total. The van der Waals surface area contributed by atoms with E-state index < -0.39 is 0 Å². The van der Waals surface area contributed by atoms with Gasteiger partial charge in [-0.15, -0.1) is 24.0 Å². The molecule has 0 radical (unpaired) electrons. The molecule has 1 aromatic rings. The predicted molar refractivity (Wildman–Crippen MR) is 114 cm³/mol. The van der Waals surface area contributed by atoms with Crippen LogP contribution in [0.25, 0.3) is 0 Å². The van der Waals surface area contributed by atoms with Gasteiger partial charge in [-0.05, 0) is 43.4 Å². The maximum absolute atomic E-state index is 12.0. The van der Waals surface area contributed by atoms with Crippen LogP contribution in [0.15, 0.2) is 29.3 Å². The second-order valence-electron chi connectivity index (χ2n) is 6.72. The summed E-state index contributed by atoms with van der Waals surface area (Å²) in [4.78, 5) is 18.2. The number of halogens is 1. The van der Waals surface area contributed by atoms with E-state index in [2.05, 4.69) is 27.8 Å². The van der Waals surface area contributed by atoms with E-state index in [0.29, 0.717) is 12.5 Å². The molecule has 0 spiro atoms. The zero-order valence-corrected chi connectivity index (χ0v) is 17.3. The van der Waals surface area contributed by atoms with Crippen molar-refractivity contribution in [2.24, 2.45) is 4.99 Å². The lowest BCUT2D eigenvalue weighted by Crippen LogP contribution is -2.41. The number of piperidine rings is 1. The maximum atomic E-state index is 12.0. The predicted octanol–water partition coefficient (Wildman–Crippen LogP) is 3.43. The Balaban J connectivity index is 0.00000225. The minimum absolute atomic E-state index is 0. The zero-order chi connectivity index (χ0) is 16.8. The van der Waals surface area contributed by atoms with Crippen molar-refractivity contribution in [2.45, 2.75) is 57.5 Å². The van der Waals surface area contributed by atoms with Gasteiger partial charge in [-0.2, -0.15) is 0 Å². The van der Waals surface area contributed by atoms with Gasteiger partial charge in [-0.3, -0.25) is 9.79 Å². The van der Waals surface area contributed by atoms with Crippen LogP contribution in [0.1, 0.15) is 50.5 Å². The smallest absolute Gasteiger partial charge is 0.226 e. The number of benzene rings is 1. The van der Waals surface area contributed by atoms with E-state index in [1.165, 1.54) is 31.2 Å². The van der Waals surface area contributed by atoms with Crippen molar-refractivity contribution >= 4 is 41.5 Å². The minimum Gasteiger partial charge on any atom is -0.354 e. The molecule has 1 aliphatic heterocycles. The normalized spacial score (nSPS) is 18.8. The molecule has 0 aromatic heterocycles. The van der Waals surface area contributed by atoms with E-state index in [4.69, 9.17) is 0 Å². The molecule has 1 aromatic carbocycles. The first-order valence-electron chi connectivity index (χ1n) is 9.13. The number of aliphatic imine (C=N–C) groups is 1. The molecule has 3 rings (SSSR count). The number of carbonyl (C=O) groups excluding carboxylic acids is 1. The standard InChI is InChI=1S/C19H28N4O.HI/c1-20-19(22-16-6-2-3-7-16)21-14-15-9-11-17(12-10-15)23-13-5-4-8-18(23)24;/h9-12,16H,2-8,13-14H2,1H3,(H2,20,21,22);1H. The maximum Gasteiger partial charge on any atom is 0.226 e. The third-order valence-corrected chi connectivity index (χ3v) is 4.95. The first-order valence-corrected chi connectivity index (χ1v) is 9.13. The molecule has 1 saturated carbocycles. The van der Waals surface area contributed by atoms with E-state index in [1.807, 2.05) is 24.1 Å². The number of hydrogen-bond donors (Lipinski definition) is 2. The van der Waals surface area contributed by atoms with Crippen LogP contribution in [0.3, 0.4) is 0 Å². The van der Waals surface area contributed by atoms with E-state index >= 15 is 0 Å². The number of carbonyl (C=O) groups is 1. The Morgan fingerprint density at radius 2 is 1.88 bits per heavy atom. The summed E-state index contributed by atoms with van der Waals surface area (Å²) in [6.45, 7) is 1.58. The average molecular weight is 456 g/mol. The highest BCUT2D eigenvalue weighted by Crippen LogP contribution is 2.21. The highest BCUT2D eigenvalue weighted by atomic mass is 127. The Morgan fingerprint density at radius 1 is 1.16 bits per heavy atom. The van der Waals surface area contributed by atoms with Crippen molar-refractivity contribution in [3.05, 3.63) is 29.8 Å². The second kappa shape index (κ2) is 9.99. The van der Waals surface area contributed by atoms with Gasteiger partial charge in [0.05, 0.1) is 0 Å². The van der Waals surface area contributed by atoms with E-state index in [1.54, 1.807) is 0 Å². The Hall–Kier alpha value is -1.31. The zero-order valence-electron chi connectivity index (χ0n) is 15.0. The SMILES string of the molecule is CN=C(NCc1ccc(N2CCCCC2=O)cc1)NC1CCCC1.I. The number of anilines is 1. The summed E-state index contributed by atoms with van der Waals surface area (Å²) in [6.07, 6.45) is 7.88. The van der Waals surface area contributed by atoms with Crippen molar-refractivity contribution in [1.82, 2.24) is 10.6 Å². The van der Waals surface area contributed by atoms with Crippen molar-refractivity contribution in [3.8, 4) is 0 Å². The Morgan fingerprint density at radius 3 is 2.52 bits per heavy atom. The first kappa shape index (κ1) is 20.0. The number of guanidine groups is 1. The Kier molecular flexibility index (Phi) is 7.99. The summed E-state index contributed by atoms with van der Waals surface area (Å²) in [7, 11) is 1.81. The van der Waals surface area contributed by atoms with Gasteiger partial charge < -0.3 is 15.5 Å². The molecule has 0 unspecified atom stereocenters. The van der Waals surface area contributed by atoms with Crippen LogP contribution >= 0.6 is 24.0 Å². The monoisotopic (exact) mass is 456 g/mol. The first-order chi connectivity index (χ1) is 11.8. The van der Waals surface area contributed by atoms with Gasteiger partial charge in [0.2, 0.25) is 5.91 Å². The quantitative estimate of drug-likeness (QED) is 0.415. The fourth-order valence-electron chi connectivity index (χ4n) is 3.52. The molecule has 0 atom stereocenters. The van der Waals surface area contributed by atoms with Gasteiger partial charge in [0, 0.05) is 38.3 Å². The van der Waals surface area contributed by atoms with Crippen LogP contribution < -0.4 is 15.5 Å². The summed E-state index contributed by atoms with van der Waals surface area (Å²) in [5, 5.41) is 6.87. The third-order valence-electron chi connectivity index (χ3n) is 4.95. The fraction of sp³-hybridized carbons (Fsp3) is 0.579. The van der Waals surface area contributed by atoms with Gasteiger partial charge >= 0.3 is 0 Å². The number of rotatable bonds is 4. The van der Waals surface area contributed by atoms with Crippen LogP contribution in [0.2, 0.25) is 0 Å². The van der Waals surface area contributed by atoms with Gasteiger partial charge in [-0.1, -0.05) is 25.0 Å². The number of nitrogens with one attached hydrogen (secondary N) is 2. The molecule has 1 saturated heterocycles. The van der Waals surface area contributed by atoms with E-state index in [0.717, 1.165) is 37.6 Å². The summed E-state index contributed by atoms with van der Waals surface area (Å²) >= 11 is 0. The summed E-state index contributed by atoms with van der Waals surface area (Å²) in [5.74, 6) is 1.12. The van der Waals surface area contributed by atoms with Gasteiger partial charge in [0.15, 0.2) is 5.96 Å². The molecule has 138 valence electrons. The van der Waals surface area contributed by atoms with E-state index in [-0.39, 0.29) is 29.9 Å². The molecule has 1 amide bonds. The number of amides is 1. The van der Waals surface area contributed by atoms with Crippen LogP contribution in [0.5, 0.6) is 0 Å². The highest BCUT2D eigenvalue weighted by Gasteiger charge is 2.19. The number of nitrogens with zero attached hydrogens (tertiary/aromatic N) is 2. The highest BCUT2D eigenvalue weighted by molar-refractivity contribution is 14.0. The largest absolute Gasteiger partial charge is 0.354 e. The van der Waals surface area contributed by atoms with Crippen molar-refractivity contribution in [3.63, 3.8) is 0 Å². The second-order valence-corrected chi connectivity index (χ2v) is 6.72. The van der Waals surface area contributed by atoms with Crippen molar-refractivity contribution in [2.75, 3.05) is 18.5 Å². The van der Waals surface area contributed by atoms with Gasteiger partial charge in [-0.25, -0.2) is 0 Å². The lowest BCUT2D eigenvalue weighted by Gasteiger charge is -2.27. The molecule has 0 bridgehead atoms. The van der Waals surface area contributed by atoms with Crippen LogP contribution in [0, 0.1) is 0 Å². The van der Waals surface area contributed by atoms with Crippen molar-refractivity contribution < 1.29 is 4.79 Å². The summed E-state index contributed by atoms with van der Waals surface area (Å²) < 4.78 is 0. The molecule has 1 heterocycles.